The molecule has 8 nitrogen and oxygen atoms in total. The summed E-state index contributed by atoms with van der Waals surface area (Å²) < 4.78 is 0. The number of hydrogen-bond donors (Lipinski definition) is 4. The standard InChI is InChI=1S/C18H19N7O/c1-11(26)20-13-4-6-14(7-5-13)21-18-19-9-8-16(23-18)22-17-10-15(24-25-17)12-2-3-12/h4-10,12H,2-3H2,1H3,(H,20,26)(H3,19,21,22,23,24,25). The quantitative estimate of drug-likeness (QED) is 0.542. The Morgan fingerprint density at radius 3 is 2.58 bits per heavy atom. The van der Waals surface area contributed by atoms with Crippen molar-refractivity contribution in [3.05, 3.63) is 48.3 Å². The number of rotatable bonds is 6. The highest BCUT2D eigenvalue weighted by atomic mass is 16.1. The number of hydrogen-bond acceptors (Lipinski definition) is 6. The number of carbonyl (C=O) groups excluding carboxylic acids is 1. The number of aromatic amines is 1. The molecular formula is C18H19N7O. The largest absolute Gasteiger partial charge is 0.326 e. The number of H-pyrrole nitrogens is 1. The minimum atomic E-state index is -0.101. The summed E-state index contributed by atoms with van der Waals surface area (Å²) in [6.45, 7) is 1.48. The molecule has 0 atom stereocenters. The number of benzene rings is 1. The molecule has 8 heteroatoms. The van der Waals surface area contributed by atoms with Gasteiger partial charge in [0.05, 0.1) is 0 Å². The molecule has 4 rings (SSSR count). The van der Waals surface area contributed by atoms with E-state index in [1.807, 2.05) is 30.3 Å². The Morgan fingerprint density at radius 1 is 1.08 bits per heavy atom. The third-order valence-corrected chi connectivity index (χ3v) is 3.99. The first-order valence-corrected chi connectivity index (χ1v) is 8.46. The van der Waals surface area contributed by atoms with Gasteiger partial charge in [-0.05, 0) is 43.2 Å². The first-order chi connectivity index (χ1) is 12.7. The number of aromatic nitrogens is 4. The first-order valence-electron chi connectivity index (χ1n) is 8.46. The van der Waals surface area contributed by atoms with Gasteiger partial charge in [0, 0.05) is 42.2 Å². The lowest BCUT2D eigenvalue weighted by Crippen LogP contribution is -2.05. The van der Waals surface area contributed by atoms with E-state index in [0.717, 1.165) is 17.2 Å². The van der Waals surface area contributed by atoms with Gasteiger partial charge in [0.2, 0.25) is 11.9 Å². The van der Waals surface area contributed by atoms with Crippen molar-refractivity contribution in [2.24, 2.45) is 0 Å². The van der Waals surface area contributed by atoms with E-state index < -0.39 is 0 Å². The highest BCUT2D eigenvalue weighted by Crippen LogP contribution is 2.39. The fourth-order valence-corrected chi connectivity index (χ4v) is 2.59. The maximum atomic E-state index is 11.1. The molecule has 0 bridgehead atoms. The van der Waals surface area contributed by atoms with Gasteiger partial charge in [-0.25, -0.2) is 4.98 Å². The smallest absolute Gasteiger partial charge is 0.229 e. The topological polar surface area (TPSA) is 108 Å². The summed E-state index contributed by atoms with van der Waals surface area (Å²) in [7, 11) is 0. The Labute approximate surface area is 150 Å². The molecule has 1 amide bonds. The fraction of sp³-hybridized carbons (Fsp3) is 0.222. The van der Waals surface area contributed by atoms with Crippen molar-refractivity contribution in [2.75, 3.05) is 16.0 Å². The third-order valence-electron chi connectivity index (χ3n) is 3.99. The van der Waals surface area contributed by atoms with Crippen molar-refractivity contribution < 1.29 is 4.79 Å². The number of nitrogens with zero attached hydrogens (tertiary/aromatic N) is 3. The fourth-order valence-electron chi connectivity index (χ4n) is 2.59. The molecule has 0 saturated heterocycles. The molecule has 0 spiro atoms. The van der Waals surface area contributed by atoms with Gasteiger partial charge in [-0.15, -0.1) is 0 Å². The lowest BCUT2D eigenvalue weighted by Gasteiger charge is -2.08. The number of anilines is 5. The zero-order chi connectivity index (χ0) is 17.9. The Balaban J connectivity index is 1.42. The van der Waals surface area contributed by atoms with Crippen molar-refractivity contribution >= 4 is 34.9 Å². The monoisotopic (exact) mass is 349 g/mol. The van der Waals surface area contributed by atoms with Gasteiger partial charge in [0.1, 0.15) is 5.82 Å². The zero-order valence-electron chi connectivity index (χ0n) is 14.3. The van der Waals surface area contributed by atoms with E-state index in [0.29, 0.717) is 17.7 Å². The molecule has 1 aliphatic rings. The summed E-state index contributed by atoms with van der Waals surface area (Å²) in [5.74, 6) is 2.40. The maximum absolute atomic E-state index is 11.1. The molecule has 2 heterocycles. The van der Waals surface area contributed by atoms with Gasteiger partial charge in [-0.1, -0.05) is 0 Å². The van der Waals surface area contributed by atoms with E-state index in [1.165, 1.54) is 25.5 Å². The highest BCUT2D eigenvalue weighted by molar-refractivity contribution is 5.88. The Bertz CT molecular complexity index is 915. The van der Waals surface area contributed by atoms with E-state index in [-0.39, 0.29) is 5.91 Å². The molecule has 2 aromatic heterocycles. The van der Waals surface area contributed by atoms with Crippen LogP contribution in [0.3, 0.4) is 0 Å². The van der Waals surface area contributed by atoms with Crippen LogP contribution in [0.25, 0.3) is 0 Å². The van der Waals surface area contributed by atoms with Crippen LogP contribution in [-0.2, 0) is 4.79 Å². The highest BCUT2D eigenvalue weighted by Gasteiger charge is 2.25. The summed E-state index contributed by atoms with van der Waals surface area (Å²) in [6, 6.07) is 11.1. The molecule has 0 unspecified atom stereocenters. The Hall–Kier alpha value is -3.42. The molecule has 1 fully saturated rings. The van der Waals surface area contributed by atoms with Gasteiger partial charge in [0.25, 0.3) is 0 Å². The zero-order valence-corrected chi connectivity index (χ0v) is 14.3. The Kier molecular flexibility index (Phi) is 4.22. The summed E-state index contributed by atoms with van der Waals surface area (Å²) in [6.07, 6.45) is 4.13. The molecule has 1 saturated carbocycles. The summed E-state index contributed by atoms with van der Waals surface area (Å²) in [4.78, 5) is 19.7. The summed E-state index contributed by atoms with van der Waals surface area (Å²) in [5.41, 5.74) is 2.73. The van der Waals surface area contributed by atoms with Crippen molar-refractivity contribution in [1.29, 1.82) is 0 Å². The van der Waals surface area contributed by atoms with E-state index in [1.54, 1.807) is 12.3 Å². The predicted molar refractivity (Wildman–Crippen MR) is 99.9 cm³/mol. The minimum Gasteiger partial charge on any atom is -0.326 e. The first kappa shape index (κ1) is 16.1. The molecule has 0 radical (unpaired) electrons. The van der Waals surface area contributed by atoms with Crippen molar-refractivity contribution in [1.82, 2.24) is 20.2 Å². The van der Waals surface area contributed by atoms with Crippen LogP contribution in [0.5, 0.6) is 0 Å². The van der Waals surface area contributed by atoms with Crippen LogP contribution in [-0.4, -0.2) is 26.1 Å². The molecule has 1 aliphatic carbocycles. The average molecular weight is 349 g/mol. The maximum Gasteiger partial charge on any atom is 0.229 e. The van der Waals surface area contributed by atoms with Gasteiger partial charge in [-0.3, -0.25) is 9.89 Å². The van der Waals surface area contributed by atoms with Crippen molar-refractivity contribution in [3.63, 3.8) is 0 Å². The van der Waals surface area contributed by atoms with E-state index in [4.69, 9.17) is 0 Å². The molecule has 1 aromatic carbocycles. The predicted octanol–water partition coefficient (Wildman–Crippen LogP) is 3.52. The lowest BCUT2D eigenvalue weighted by atomic mass is 10.3. The second kappa shape index (κ2) is 6.83. The van der Waals surface area contributed by atoms with Crippen LogP contribution in [0.4, 0.5) is 29.0 Å². The number of carbonyl (C=O) groups is 1. The molecule has 4 N–H and O–H groups in total. The second-order valence-corrected chi connectivity index (χ2v) is 6.26. The molecular weight excluding hydrogens is 330 g/mol. The number of amides is 1. The van der Waals surface area contributed by atoms with Gasteiger partial charge in [0.15, 0.2) is 5.82 Å². The molecule has 132 valence electrons. The summed E-state index contributed by atoms with van der Waals surface area (Å²) >= 11 is 0. The normalized spacial score (nSPS) is 13.3. The Morgan fingerprint density at radius 2 is 1.85 bits per heavy atom. The average Bonchev–Trinajstić information content (AvgIpc) is 3.37. The molecule has 3 aromatic rings. The van der Waals surface area contributed by atoms with E-state index >= 15 is 0 Å². The van der Waals surface area contributed by atoms with Crippen molar-refractivity contribution in [3.8, 4) is 0 Å². The lowest BCUT2D eigenvalue weighted by molar-refractivity contribution is -0.114. The van der Waals surface area contributed by atoms with Gasteiger partial charge < -0.3 is 16.0 Å². The van der Waals surface area contributed by atoms with Crippen molar-refractivity contribution in [2.45, 2.75) is 25.7 Å². The summed E-state index contributed by atoms with van der Waals surface area (Å²) in [5, 5.41) is 16.4. The third kappa shape index (κ3) is 3.97. The second-order valence-electron chi connectivity index (χ2n) is 6.26. The number of nitrogens with one attached hydrogen (secondary N) is 4. The van der Waals surface area contributed by atoms with Crippen LogP contribution in [0.2, 0.25) is 0 Å². The molecule has 26 heavy (non-hydrogen) atoms. The SMILES string of the molecule is CC(=O)Nc1ccc(Nc2nccc(Nc3cc(C4CC4)[nH]n3)n2)cc1. The van der Waals surface area contributed by atoms with Gasteiger partial charge >= 0.3 is 0 Å². The van der Waals surface area contributed by atoms with Crippen LogP contribution < -0.4 is 16.0 Å². The van der Waals surface area contributed by atoms with E-state index in [2.05, 4.69) is 36.1 Å². The van der Waals surface area contributed by atoms with Crippen LogP contribution in [0.1, 0.15) is 31.4 Å². The van der Waals surface area contributed by atoms with E-state index in [9.17, 15) is 4.79 Å². The van der Waals surface area contributed by atoms with Crippen LogP contribution in [0.15, 0.2) is 42.6 Å². The van der Waals surface area contributed by atoms with Gasteiger partial charge in [-0.2, -0.15) is 10.1 Å². The van der Waals surface area contributed by atoms with Crippen LogP contribution >= 0.6 is 0 Å². The minimum absolute atomic E-state index is 0.101. The molecule has 0 aliphatic heterocycles. The van der Waals surface area contributed by atoms with Crippen LogP contribution in [0, 0.1) is 0 Å².